The minimum atomic E-state index is -0.189. The predicted molar refractivity (Wildman–Crippen MR) is 98.6 cm³/mol. The van der Waals surface area contributed by atoms with Crippen molar-refractivity contribution in [1.29, 1.82) is 0 Å². The van der Waals surface area contributed by atoms with Gasteiger partial charge in [-0.25, -0.2) is 4.98 Å². The monoisotopic (exact) mass is 337 g/mol. The lowest BCUT2D eigenvalue weighted by Crippen LogP contribution is -2.12. The van der Waals surface area contributed by atoms with Gasteiger partial charge in [-0.05, 0) is 25.0 Å². The van der Waals surface area contributed by atoms with Gasteiger partial charge in [0.25, 0.3) is 5.91 Å². The number of aryl methyl sites for hydroxylation is 1. The molecule has 0 fully saturated rings. The van der Waals surface area contributed by atoms with E-state index < -0.39 is 0 Å². The van der Waals surface area contributed by atoms with Gasteiger partial charge in [-0.1, -0.05) is 44.2 Å². The van der Waals surface area contributed by atoms with Crippen molar-refractivity contribution in [2.45, 2.75) is 26.7 Å². The van der Waals surface area contributed by atoms with Gasteiger partial charge in [0.15, 0.2) is 5.13 Å². The van der Waals surface area contributed by atoms with E-state index in [1.807, 2.05) is 43.3 Å². The van der Waals surface area contributed by atoms with Gasteiger partial charge in [0.2, 0.25) is 0 Å². The largest absolute Gasteiger partial charge is 0.298 e. The van der Waals surface area contributed by atoms with E-state index in [1.54, 1.807) is 12.3 Å². The van der Waals surface area contributed by atoms with Crippen LogP contribution in [0.3, 0.4) is 0 Å². The number of anilines is 1. The number of amides is 1. The lowest BCUT2D eigenvalue weighted by atomic mass is 10.1. The van der Waals surface area contributed by atoms with Gasteiger partial charge in [-0.2, -0.15) is 0 Å². The number of hydrogen-bond donors (Lipinski definition) is 1. The van der Waals surface area contributed by atoms with E-state index >= 15 is 0 Å². The van der Waals surface area contributed by atoms with Crippen molar-refractivity contribution in [3.05, 3.63) is 64.8 Å². The third kappa shape index (κ3) is 3.51. The summed E-state index contributed by atoms with van der Waals surface area (Å²) in [6.45, 7) is 6.16. The minimum absolute atomic E-state index is 0.189. The van der Waals surface area contributed by atoms with E-state index in [2.05, 4.69) is 29.1 Å². The summed E-state index contributed by atoms with van der Waals surface area (Å²) >= 11 is 1.53. The van der Waals surface area contributed by atoms with Gasteiger partial charge in [-0.3, -0.25) is 15.1 Å². The first-order chi connectivity index (χ1) is 11.5. The summed E-state index contributed by atoms with van der Waals surface area (Å²) in [5.74, 6) is 0.149. The van der Waals surface area contributed by atoms with Crippen LogP contribution in [0.1, 0.15) is 40.7 Å². The summed E-state index contributed by atoms with van der Waals surface area (Å²) < 4.78 is 0. The molecule has 0 spiro atoms. The van der Waals surface area contributed by atoms with Crippen molar-refractivity contribution < 1.29 is 4.79 Å². The molecule has 0 aliphatic rings. The van der Waals surface area contributed by atoms with Gasteiger partial charge in [0.1, 0.15) is 0 Å². The quantitative estimate of drug-likeness (QED) is 0.737. The maximum Gasteiger partial charge on any atom is 0.259 e. The van der Waals surface area contributed by atoms with E-state index in [0.717, 1.165) is 17.0 Å². The topological polar surface area (TPSA) is 54.9 Å². The molecule has 24 heavy (non-hydrogen) atoms. The number of aromatic nitrogens is 2. The minimum Gasteiger partial charge on any atom is -0.298 e. The van der Waals surface area contributed by atoms with Crippen molar-refractivity contribution in [2.75, 3.05) is 5.32 Å². The third-order valence-electron chi connectivity index (χ3n) is 3.62. The normalized spacial score (nSPS) is 10.8. The van der Waals surface area contributed by atoms with E-state index in [1.165, 1.54) is 16.2 Å². The number of nitrogens with one attached hydrogen (secondary N) is 1. The number of nitrogens with zero attached hydrogens (tertiary/aromatic N) is 2. The maximum absolute atomic E-state index is 12.4. The van der Waals surface area contributed by atoms with Gasteiger partial charge < -0.3 is 0 Å². The highest BCUT2D eigenvalue weighted by Crippen LogP contribution is 2.36. The average Bonchev–Trinajstić information content (AvgIpc) is 3.00. The van der Waals surface area contributed by atoms with Gasteiger partial charge in [0, 0.05) is 22.3 Å². The Morgan fingerprint density at radius 2 is 1.88 bits per heavy atom. The van der Waals surface area contributed by atoms with Crippen LogP contribution in [0.4, 0.5) is 5.13 Å². The smallest absolute Gasteiger partial charge is 0.259 e. The molecular formula is C19H19N3OS. The Morgan fingerprint density at radius 1 is 1.12 bits per heavy atom. The third-order valence-corrected chi connectivity index (χ3v) is 4.89. The molecule has 4 nitrogen and oxygen atoms in total. The Hall–Kier alpha value is -2.53. The van der Waals surface area contributed by atoms with Crippen LogP contribution < -0.4 is 5.32 Å². The van der Waals surface area contributed by atoms with Gasteiger partial charge >= 0.3 is 0 Å². The first-order valence-electron chi connectivity index (χ1n) is 7.84. The molecule has 0 saturated heterocycles. The molecule has 0 aliphatic carbocycles. The molecule has 1 amide bonds. The molecule has 1 aromatic carbocycles. The molecule has 0 radical (unpaired) electrons. The molecule has 3 aromatic rings. The Kier molecular flexibility index (Phi) is 4.71. The molecular weight excluding hydrogens is 318 g/mol. The van der Waals surface area contributed by atoms with Crippen molar-refractivity contribution in [2.24, 2.45) is 0 Å². The van der Waals surface area contributed by atoms with Gasteiger partial charge in [0.05, 0.1) is 11.3 Å². The fraction of sp³-hybridized carbons (Fsp3) is 0.211. The second-order valence-corrected chi connectivity index (χ2v) is 6.93. The molecule has 0 unspecified atom stereocenters. The predicted octanol–water partition coefficient (Wildman–Crippen LogP) is 4.89. The van der Waals surface area contributed by atoms with Crippen molar-refractivity contribution >= 4 is 22.4 Å². The van der Waals surface area contributed by atoms with E-state index in [9.17, 15) is 4.79 Å². The number of rotatable bonds is 4. The number of carbonyl (C=O) groups is 1. The number of hydrogen-bond acceptors (Lipinski definition) is 4. The average molecular weight is 337 g/mol. The van der Waals surface area contributed by atoms with Crippen LogP contribution in [0.25, 0.3) is 11.3 Å². The molecule has 122 valence electrons. The van der Waals surface area contributed by atoms with Crippen LogP contribution in [0.5, 0.6) is 0 Å². The fourth-order valence-corrected chi connectivity index (χ4v) is 3.34. The van der Waals surface area contributed by atoms with Crippen molar-refractivity contribution in [3.63, 3.8) is 0 Å². The van der Waals surface area contributed by atoms with Crippen molar-refractivity contribution in [1.82, 2.24) is 9.97 Å². The number of pyridine rings is 1. The fourth-order valence-electron chi connectivity index (χ4n) is 2.35. The summed E-state index contributed by atoms with van der Waals surface area (Å²) in [4.78, 5) is 22.3. The summed E-state index contributed by atoms with van der Waals surface area (Å²) in [5, 5.41) is 3.51. The molecule has 0 aliphatic heterocycles. The van der Waals surface area contributed by atoms with E-state index in [4.69, 9.17) is 0 Å². The van der Waals surface area contributed by atoms with Gasteiger partial charge in [-0.15, -0.1) is 11.3 Å². The molecule has 5 heteroatoms. The number of thiazole rings is 1. The number of benzene rings is 1. The van der Waals surface area contributed by atoms with Crippen LogP contribution in [0.15, 0.2) is 48.7 Å². The zero-order valence-corrected chi connectivity index (χ0v) is 14.7. The second-order valence-electron chi connectivity index (χ2n) is 5.89. The van der Waals surface area contributed by atoms with Crippen LogP contribution in [-0.2, 0) is 0 Å². The summed E-state index contributed by atoms with van der Waals surface area (Å²) in [6.07, 6.45) is 1.58. The molecule has 3 rings (SSSR count). The zero-order chi connectivity index (χ0) is 17.1. The number of carbonyl (C=O) groups excluding carboxylic acids is 1. The van der Waals surface area contributed by atoms with Crippen LogP contribution in [0, 0.1) is 6.92 Å². The highest BCUT2D eigenvalue weighted by molar-refractivity contribution is 7.16. The standard InChI is InChI=1S/C19H19N3OS/c1-12(2)17-16(14-7-5-4-6-8-14)21-19(24-17)22-18(23)15-10-9-13(3)20-11-15/h4-12H,1-3H3,(H,21,22,23). The first kappa shape index (κ1) is 16.3. The van der Waals surface area contributed by atoms with Crippen LogP contribution in [0.2, 0.25) is 0 Å². The molecule has 1 N–H and O–H groups in total. The Balaban J connectivity index is 1.89. The lowest BCUT2D eigenvalue weighted by Gasteiger charge is -2.04. The molecule has 2 heterocycles. The molecule has 0 saturated carbocycles. The van der Waals surface area contributed by atoms with Crippen LogP contribution >= 0.6 is 11.3 Å². The Morgan fingerprint density at radius 3 is 2.50 bits per heavy atom. The van der Waals surface area contributed by atoms with Crippen molar-refractivity contribution in [3.8, 4) is 11.3 Å². The molecule has 0 atom stereocenters. The maximum atomic E-state index is 12.4. The lowest BCUT2D eigenvalue weighted by molar-refractivity contribution is 0.102. The SMILES string of the molecule is Cc1ccc(C(=O)Nc2nc(-c3ccccc3)c(C(C)C)s2)cn1. The first-order valence-corrected chi connectivity index (χ1v) is 8.66. The highest BCUT2D eigenvalue weighted by Gasteiger charge is 2.17. The van der Waals surface area contributed by atoms with E-state index in [-0.39, 0.29) is 5.91 Å². The highest BCUT2D eigenvalue weighted by atomic mass is 32.1. The van der Waals surface area contributed by atoms with E-state index in [0.29, 0.717) is 16.6 Å². The van der Waals surface area contributed by atoms with Crippen LogP contribution in [-0.4, -0.2) is 15.9 Å². The Bertz CT molecular complexity index is 839. The molecule has 2 aromatic heterocycles. The Labute approximate surface area is 145 Å². The summed E-state index contributed by atoms with van der Waals surface area (Å²) in [5.41, 5.74) is 3.42. The molecule has 0 bridgehead atoms. The summed E-state index contributed by atoms with van der Waals surface area (Å²) in [7, 11) is 0. The second kappa shape index (κ2) is 6.93. The summed E-state index contributed by atoms with van der Waals surface area (Å²) in [6, 6.07) is 13.6. The zero-order valence-electron chi connectivity index (χ0n) is 13.9.